The van der Waals surface area contributed by atoms with Crippen molar-refractivity contribution in [2.24, 2.45) is 11.8 Å². The third-order valence-electron chi connectivity index (χ3n) is 4.26. The number of ketones is 1. The van der Waals surface area contributed by atoms with Crippen LogP contribution in [0.1, 0.15) is 57.8 Å². The van der Waals surface area contributed by atoms with Crippen LogP contribution in [0.25, 0.3) is 0 Å². The Kier molecular flexibility index (Phi) is 4.83. The first kappa shape index (κ1) is 12.1. The number of Topliss-reactive ketones (excluding diaryl/α,β-unsaturated/α-hetero) is 1. The molecular formula is C14H25NO. The van der Waals surface area contributed by atoms with Gasteiger partial charge in [-0.2, -0.15) is 0 Å². The Hall–Kier alpha value is -0.370. The van der Waals surface area contributed by atoms with Crippen LogP contribution in [-0.2, 0) is 4.79 Å². The maximum atomic E-state index is 12.2. The van der Waals surface area contributed by atoms with Crippen molar-refractivity contribution in [2.45, 2.75) is 57.8 Å². The second-order valence-corrected chi connectivity index (χ2v) is 5.55. The zero-order valence-electron chi connectivity index (χ0n) is 10.3. The first-order valence-electron chi connectivity index (χ1n) is 7.09. The van der Waals surface area contributed by atoms with Crippen LogP contribution in [-0.4, -0.2) is 18.9 Å². The zero-order valence-corrected chi connectivity index (χ0v) is 10.3. The molecule has 92 valence electrons. The summed E-state index contributed by atoms with van der Waals surface area (Å²) in [6.45, 7) is 2.23. The van der Waals surface area contributed by atoms with Gasteiger partial charge < -0.3 is 5.32 Å². The Morgan fingerprint density at radius 1 is 0.938 bits per heavy atom. The van der Waals surface area contributed by atoms with Gasteiger partial charge in [-0.25, -0.2) is 0 Å². The fourth-order valence-corrected chi connectivity index (χ4v) is 3.14. The summed E-state index contributed by atoms with van der Waals surface area (Å²) >= 11 is 0. The molecule has 1 N–H and O–H groups in total. The van der Waals surface area contributed by atoms with Gasteiger partial charge in [0.1, 0.15) is 5.78 Å². The quantitative estimate of drug-likeness (QED) is 0.745. The Morgan fingerprint density at radius 2 is 1.56 bits per heavy atom. The van der Waals surface area contributed by atoms with Crippen molar-refractivity contribution >= 4 is 5.78 Å². The minimum absolute atomic E-state index is 0.414. The van der Waals surface area contributed by atoms with Gasteiger partial charge in [-0.15, -0.1) is 0 Å². The smallest absolute Gasteiger partial charge is 0.136 e. The minimum atomic E-state index is 0.414. The van der Waals surface area contributed by atoms with Gasteiger partial charge in [0, 0.05) is 12.3 Å². The normalized spacial score (nSPS) is 25.2. The van der Waals surface area contributed by atoms with E-state index in [1.807, 2.05) is 0 Å². The van der Waals surface area contributed by atoms with Crippen LogP contribution in [0.2, 0.25) is 0 Å². The van der Waals surface area contributed by atoms with Gasteiger partial charge in [-0.1, -0.05) is 25.7 Å². The first-order chi connectivity index (χ1) is 7.86. The van der Waals surface area contributed by atoms with Gasteiger partial charge >= 0.3 is 0 Å². The third kappa shape index (κ3) is 3.58. The second-order valence-electron chi connectivity index (χ2n) is 5.55. The molecule has 0 aromatic carbocycles. The fraction of sp³-hybridized carbons (Fsp3) is 0.929. The maximum Gasteiger partial charge on any atom is 0.136 e. The lowest BCUT2D eigenvalue weighted by Crippen LogP contribution is -2.30. The topological polar surface area (TPSA) is 29.1 Å². The molecule has 1 aliphatic carbocycles. The highest BCUT2D eigenvalue weighted by Gasteiger charge is 2.23. The fourth-order valence-electron chi connectivity index (χ4n) is 3.14. The summed E-state index contributed by atoms with van der Waals surface area (Å²) in [5.41, 5.74) is 0. The highest BCUT2D eigenvalue weighted by Crippen LogP contribution is 2.27. The van der Waals surface area contributed by atoms with Gasteiger partial charge in [-0.3, -0.25) is 4.79 Å². The number of hydrogen-bond donors (Lipinski definition) is 1. The van der Waals surface area contributed by atoms with Crippen molar-refractivity contribution < 1.29 is 4.79 Å². The summed E-state index contributed by atoms with van der Waals surface area (Å²) in [6, 6.07) is 0. The summed E-state index contributed by atoms with van der Waals surface area (Å²) in [6.07, 6.45) is 10.9. The standard InChI is InChI=1S/C14H25NO/c16-14(11-12-7-9-15-10-8-12)13-5-3-1-2-4-6-13/h12-13,15H,1-11H2. The molecule has 16 heavy (non-hydrogen) atoms. The van der Waals surface area contributed by atoms with E-state index in [0.717, 1.165) is 19.5 Å². The Labute approximate surface area is 99.2 Å². The molecule has 0 spiro atoms. The molecule has 2 rings (SSSR count). The van der Waals surface area contributed by atoms with Crippen molar-refractivity contribution in [1.29, 1.82) is 0 Å². The van der Waals surface area contributed by atoms with Gasteiger partial charge in [0.2, 0.25) is 0 Å². The van der Waals surface area contributed by atoms with Gasteiger partial charge in [0.15, 0.2) is 0 Å². The van der Waals surface area contributed by atoms with E-state index >= 15 is 0 Å². The molecule has 0 aromatic rings. The first-order valence-corrected chi connectivity index (χ1v) is 7.09. The Balaban J connectivity index is 1.76. The van der Waals surface area contributed by atoms with Crippen molar-refractivity contribution in [1.82, 2.24) is 5.32 Å². The van der Waals surface area contributed by atoms with Crippen LogP contribution >= 0.6 is 0 Å². The monoisotopic (exact) mass is 223 g/mol. The summed E-state index contributed by atoms with van der Waals surface area (Å²) in [4.78, 5) is 12.2. The van der Waals surface area contributed by atoms with Crippen molar-refractivity contribution in [3.05, 3.63) is 0 Å². The predicted molar refractivity (Wildman–Crippen MR) is 66.4 cm³/mol. The maximum absolute atomic E-state index is 12.2. The zero-order chi connectivity index (χ0) is 11.2. The molecule has 2 aliphatic rings. The molecule has 2 heteroatoms. The van der Waals surface area contributed by atoms with Gasteiger partial charge in [0.05, 0.1) is 0 Å². The van der Waals surface area contributed by atoms with Crippen LogP contribution in [0.4, 0.5) is 0 Å². The summed E-state index contributed by atoms with van der Waals surface area (Å²) in [7, 11) is 0. The molecule has 0 amide bonds. The lowest BCUT2D eigenvalue weighted by atomic mass is 9.86. The average molecular weight is 223 g/mol. The van der Waals surface area contributed by atoms with E-state index in [4.69, 9.17) is 0 Å². The van der Waals surface area contributed by atoms with E-state index < -0.39 is 0 Å². The molecule has 0 unspecified atom stereocenters. The molecule has 0 atom stereocenters. The minimum Gasteiger partial charge on any atom is -0.317 e. The molecule has 2 fully saturated rings. The van der Waals surface area contributed by atoms with E-state index in [1.165, 1.54) is 51.4 Å². The second kappa shape index (κ2) is 6.39. The van der Waals surface area contributed by atoms with E-state index in [9.17, 15) is 4.79 Å². The van der Waals surface area contributed by atoms with E-state index in [-0.39, 0.29) is 0 Å². The SMILES string of the molecule is O=C(CC1CCNCC1)C1CCCCCC1. The lowest BCUT2D eigenvalue weighted by molar-refractivity contribution is -0.124. The largest absolute Gasteiger partial charge is 0.317 e. The van der Waals surface area contributed by atoms with E-state index in [2.05, 4.69) is 5.32 Å². The molecule has 0 bridgehead atoms. The highest BCUT2D eigenvalue weighted by atomic mass is 16.1. The number of nitrogens with one attached hydrogen (secondary N) is 1. The number of carbonyl (C=O) groups is 1. The summed E-state index contributed by atoms with van der Waals surface area (Å²) < 4.78 is 0. The predicted octanol–water partition coefficient (Wildman–Crippen LogP) is 2.92. The number of rotatable bonds is 3. The van der Waals surface area contributed by atoms with Crippen LogP contribution in [0, 0.1) is 11.8 Å². The third-order valence-corrected chi connectivity index (χ3v) is 4.26. The molecule has 1 saturated heterocycles. The highest BCUT2D eigenvalue weighted by molar-refractivity contribution is 5.81. The van der Waals surface area contributed by atoms with Gasteiger partial charge in [0.25, 0.3) is 0 Å². The Bertz CT molecular complexity index is 213. The summed E-state index contributed by atoms with van der Waals surface area (Å²) in [5, 5.41) is 3.37. The summed E-state index contributed by atoms with van der Waals surface area (Å²) in [5.74, 6) is 1.67. The molecule has 1 saturated carbocycles. The number of hydrogen-bond acceptors (Lipinski definition) is 2. The molecule has 1 heterocycles. The van der Waals surface area contributed by atoms with Crippen LogP contribution < -0.4 is 5.32 Å². The molecule has 2 nitrogen and oxygen atoms in total. The van der Waals surface area contributed by atoms with E-state index in [0.29, 0.717) is 17.6 Å². The Morgan fingerprint density at radius 3 is 2.19 bits per heavy atom. The van der Waals surface area contributed by atoms with Crippen LogP contribution in [0.15, 0.2) is 0 Å². The number of piperidine rings is 1. The van der Waals surface area contributed by atoms with Crippen LogP contribution in [0.5, 0.6) is 0 Å². The van der Waals surface area contributed by atoms with Gasteiger partial charge in [-0.05, 0) is 44.7 Å². The molecular weight excluding hydrogens is 198 g/mol. The lowest BCUT2D eigenvalue weighted by Gasteiger charge is -2.23. The molecule has 1 aliphatic heterocycles. The van der Waals surface area contributed by atoms with E-state index in [1.54, 1.807) is 0 Å². The van der Waals surface area contributed by atoms with Crippen molar-refractivity contribution in [3.63, 3.8) is 0 Å². The average Bonchev–Trinajstić information content (AvgIpc) is 2.59. The number of carbonyl (C=O) groups excluding carboxylic acids is 1. The van der Waals surface area contributed by atoms with Crippen molar-refractivity contribution in [2.75, 3.05) is 13.1 Å². The van der Waals surface area contributed by atoms with Crippen molar-refractivity contribution in [3.8, 4) is 0 Å². The van der Waals surface area contributed by atoms with Crippen LogP contribution in [0.3, 0.4) is 0 Å². The molecule has 0 aromatic heterocycles. The molecule has 0 radical (unpaired) electrons.